The molecule has 1 aliphatic carbocycles. The van der Waals surface area contributed by atoms with Gasteiger partial charge in [-0.3, -0.25) is 4.98 Å². The summed E-state index contributed by atoms with van der Waals surface area (Å²) in [6.45, 7) is 0. The molecule has 3 heterocycles. The molecule has 0 atom stereocenters. The molecule has 0 saturated heterocycles. The second-order valence-electron chi connectivity index (χ2n) is 10.0. The van der Waals surface area contributed by atoms with Crippen molar-refractivity contribution in [1.29, 1.82) is 0 Å². The van der Waals surface area contributed by atoms with E-state index in [1.807, 2.05) is 31.7 Å². The standard InChI is InChI=1S/C32H28N4/c1-35-20-19-34-31(35)23-9-8-10-25(21-23)36-28-12-3-2-11-26(28)27-15-14-24(22-29(27)36)32(16-5-6-17-32)30-13-4-7-18-33-30/h2-4,7-15,18-22H,5-6,16-17H2,1H3. The molecule has 0 unspecified atom stereocenters. The normalized spacial score (nSPS) is 15.1. The van der Waals surface area contributed by atoms with E-state index in [1.165, 1.54) is 45.9 Å². The van der Waals surface area contributed by atoms with E-state index >= 15 is 0 Å². The number of nitrogens with zero attached hydrogens (tertiary/aromatic N) is 4. The van der Waals surface area contributed by atoms with Crippen LogP contribution >= 0.6 is 0 Å². The Morgan fingerprint density at radius 1 is 0.722 bits per heavy atom. The summed E-state index contributed by atoms with van der Waals surface area (Å²) in [7, 11) is 2.04. The van der Waals surface area contributed by atoms with Gasteiger partial charge < -0.3 is 9.13 Å². The summed E-state index contributed by atoms with van der Waals surface area (Å²) in [4.78, 5) is 9.43. The monoisotopic (exact) mass is 468 g/mol. The molecule has 0 radical (unpaired) electrons. The summed E-state index contributed by atoms with van der Waals surface area (Å²) < 4.78 is 4.49. The molecule has 0 spiro atoms. The molecule has 6 aromatic rings. The van der Waals surface area contributed by atoms with Gasteiger partial charge in [0.25, 0.3) is 0 Å². The average Bonchev–Trinajstić information content (AvgIpc) is 3.67. The predicted octanol–water partition coefficient (Wildman–Crippen LogP) is 7.44. The Morgan fingerprint density at radius 2 is 1.56 bits per heavy atom. The van der Waals surface area contributed by atoms with Gasteiger partial charge in [-0.25, -0.2) is 4.98 Å². The number of hydrogen-bond acceptors (Lipinski definition) is 2. The van der Waals surface area contributed by atoms with Crippen LogP contribution in [0.2, 0.25) is 0 Å². The quantitative estimate of drug-likeness (QED) is 0.269. The maximum atomic E-state index is 4.84. The largest absolute Gasteiger partial charge is 0.334 e. The highest BCUT2D eigenvalue weighted by Crippen LogP contribution is 2.47. The zero-order chi connectivity index (χ0) is 24.1. The molecule has 36 heavy (non-hydrogen) atoms. The van der Waals surface area contributed by atoms with Crippen molar-refractivity contribution >= 4 is 21.8 Å². The number of aromatic nitrogens is 4. The van der Waals surface area contributed by atoms with Crippen molar-refractivity contribution in [2.45, 2.75) is 31.1 Å². The molecule has 3 aromatic carbocycles. The van der Waals surface area contributed by atoms with E-state index in [9.17, 15) is 0 Å². The highest BCUT2D eigenvalue weighted by atomic mass is 15.0. The molecule has 4 heteroatoms. The lowest BCUT2D eigenvalue weighted by Gasteiger charge is -2.29. The molecule has 7 rings (SSSR count). The highest BCUT2D eigenvalue weighted by molar-refractivity contribution is 6.09. The smallest absolute Gasteiger partial charge is 0.139 e. The molecule has 0 amide bonds. The van der Waals surface area contributed by atoms with Crippen LogP contribution in [0.25, 0.3) is 38.9 Å². The number of fused-ring (bicyclic) bond motifs is 3. The van der Waals surface area contributed by atoms with Crippen molar-refractivity contribution in [2.75, 3.05) is 0 Å². The number of pyridine rings is 1. The average molecular weight is 469 g/mol. The van der Waals surface area contributed by atoms with Crippen molar-refractivity contribution in [1.82, 2.24) is 19.1 Å². The molecule has 176 valence electrons. The van der Waals surface area contributed by atoms with Crippen molar-refractivity contribution in [2.24, 2.45) is 7.05 Å². The first kappa shape index (κ1) is 21.1. The van der Waals surface area contributed by atoms with Gasteiger partial charge in [0, 0.05) is 53.1 Å². The zero-order valence-corrected chi connectivity index (χ0v) is 20.4. The van der Waals surface area contributed by atoms with Crippen molar-refractivity contribution in [3.05, 3.63) is 115 Å². The van der Waals surface area contributed by atoms with Crippen molar-refractivity contribution in [3.63, 3.8) is 0 Å². The van der Waals surface area contributed by atoms with E-state index in [-0.39, 0.29) is 5.41 Å². The predicted molar refractivity (Wildman–Crippen MR) is 146 cm³/mol. The maximum Gasteiger partial charge on any atom is 0.139 e. The third-order valence-corrected chi connectivity index (χ3v) is 8.02. The van der Waals surface area contributed by atoms with Gasteiger partial charge in [-0.05, 0) is 54.8 Å². The van der Waals surface area contributed by atoms with Gasteiger partial charge in [-0.2, -0.15) is 0 Å². The van der Waals surface area contributed by atoms with E-state index in [1.54, 1.807) is 0 Å². The van der Waals surface area contributed by atoms with Crippen LogP contribution in [0.5, 0.6) is 0 Å². The summed E-state index contributed by atoms with van der Waals surface area (Å²) in [5, 5.41) is 2.56. The second kappa shape index (κ2) is 8.20. The summed E-state index contributed by atoms with van der Waals surface area (Å²) in [6, 6.07) is 30.9. The third-order valence-electron chi connectivity index (χ3n) is 8.02. The van der Waals surface area contributed by atoms with Crippen molar-refractivity contribution < 1.29 is 0 Å². The summed E-state index contributed by atoms with van der Waals surface area (Å²) >= 11 is 0. The fourth-order valence-electron chi connectivity index (χ4n) is 6.29. The number of hydrogen-bond donors (Lipinski definition) is 0. The van der Waals surface area contributed by atoms with Gasteiger partial charge in [0.1, 0.15) is 5.82 Å². The van der Waals surface area contributed by atoms with Crippen LogP contribution in [0, 0.1) is 0 Å². The first-order valence-corrected chi connectivity index (χ1v) is 12.8. The first-order chi connectivity index (χ1) is 17.7. The van der Waals surface area contributed by atoms with Crippen LogP contribution in [-0.4, -0.2) is 19.1 Å². The van der Waals surface area contributed by atoms with E-state index < -0.39 is 0 Å². The Kier molecular flexibility index (Phi) is 4.81. The summed E-state index contributed by atoms with van der Waals surface area (Å²) in [6.07, 6.45) is 10.6. The van der Waals surface area contributed by atoms with Crippen LogP contribution in [0.3, 0.4) is 0 Å². The molecule has 0 aliphatic heterocycles. The zero-order valence-electron chi connectivity index (χ0n) is 20.4. The Morgan fingerprint density at radius 3 is 2.36 bits per heavy atom. The lowest BCUT2D eigenvalue weighted by molar-refractivity contribution is 0.519. The Balaban J connectivity index is 1.49. The first-order valence-electron chi connectivity index (χ1n) is 12.8. The Bertz CT molecular complexity index is 1700. The van der Waals surface area contributed by atoms with Gasteiger partial charge in [0.2, 0.25) is 0 Å². The molecule has 0 N–H and O–H groups in total. The van der Waals surface area contributed by atoms with Crippen LogP contribution in [0.1, 0.15) is 36.9 Å². The lowest BCUT2D eigenvalue weighted by Crippen LogP contribution is -2.25. The molecule has 1 aliphatic rings. The van der Waals surface area contributed by atoms with Gasteiger partial charge in [-0.1, -0.05) is 61.4 Å². The number of aryl methyl sites for hydroxylation is 1. The van der Waals surface area contributed by atoms with E-state index in [4.69, 9.17) is 4.98 Å². The number of para-hydroxylation sites is 1. The third kappa shape index (κ3) is 3.14. The summed E-state index contributed by atoms with van der Waals surface area (Å²) in [5.74, 6) is 0.971. The Labute approximate surface area is 210 Å². The summed E-state index contributed by atoms with van der Waals surface area (Å²) in [5.41, 5.74) is 7.27. The van der Waals surface area contributed by atoms with E-state index in [2.05, 4.69) is 93.0 Å². The maximum absolute atomic E-state index is 4.84. The van der Waals surface area contributed by atoms with Crippen LogP contribution in [0.4, 0.5) is 0 Å². The number of benzene rings is 3. The van der Waals surface area contributed by atoms with Crippen LogP contribution in [-0.2, 0) is 12.5 Å². The number of imidazole rings is 1. The molecule has 1 fully saturated rings. The van der Waals surface area contributed by atoms with Gasteiger partial charge in [0.05, 0.1) is 16.7 Å². The minimum Gasteiger partial charge on any atom is -0.334 e. The molecule has 0 bridgehead atoms. The fourth-order valence-corrected chi connectivity index (χ4v) is 6.29. The number of rotatable bonds is 4. The molecule has 1 saturated carbocycles. The fraction of sp³-hybridized carbons (Fsp3) is 0.188. The minimum absolute atomic E-state index is 0.0223. The molecule has 4 nitrogen and oxygen atoms in total. The van der Waals surface area contributed by atoms with Gasteiger partial charge >= 0.3 is 0 Å². The van der Waals surface area contributed by atoms with E-state index in [0.717, 1.165) is 29.9 Å². The van der Waals surface area contributed by atoms with E-state index in [0.29, 0.717) is 0 Å². The second-order valence-corrected chi connectivity index (χ2v) is 10.0. The molecular formula is C32H28N4. The lowest BCUT2D eigenvalue weighted by atomic mass is 9.75. The SMILES string of the molecule is Cn1ccnc1-c1cccc(-n2c3ccccc3c3ccc(C4(c5ccccn5)CCCC4)cc32)c1. The Hall–Kier alpha value is -4.18. The molecule has 3 aromatic heterocycles. The highest BCUT2D eigenvalue weighted by Gasteiger charge is 2.38. The minimum atomic E-state index is -0.0223. The van der Waals surface area contributed by atoms with Crippen LogP contribution < -0.4 is 0 Å². The van der Waals surface area contributed by atoms with Crippen molar-refractivity contribution in [3.8, 4) is 17.1 Å². The molecular weight excluding hydrogens is 440 g/mol. The van der Waals surface area contributed by atoms with Gasteiger partial charge in [-0.15, -0.1) is 0 Å². The van der Waals surface area contributed by atoms with Crippen LogP contribution in [0.15, 0.2) is 104 Å². The topological polar surface area (TPSA) is 35.6 Å². The van der Waals surface area contributed by atoms with Gasteiger partial charge in [0.15, 0.2) is 0 Å².